The second-order valence-corrected chi connectivity index (χ2v) is 4.81. The lowest BCUT2D eigenvalue weighted by Crippen LogP contribution is -2.21. The van der Waals surface area contributed by atoms with E-state index in [1.54, 1.807) is 13.8 Å². The van der Waals surface area contributed by atoms with E-state index >= 15 is 0 Å². The number of carbonyl (C=O) groups is 2. The van der Waals surface area contributed by atoms with Gasteiger partial charge in [0.1, 0.15) is 11.6 Å². The van der Waals surface area contributed by atoms with Crippen molar-refractivity contribution in [2.24, 2.45) is 23.7 Å². The molecule has 86 valence electrons. The number of rotatable bonds is 4. The number of ketones is 2. The van der Waals surface area contributed by atoms with Gasteiger partial charge in [-0.1, -0.05) is 26.7 Å². The summed E-state index contributed by atoms with van der Waals surface area (Å²) >= 11 is 0. The van der Waals surface area contributed by atoms with Crippen LogP contribution in [0.5, 0.6) is 0 Å². The molecule has 2 nitrogen and oxygen atoms in total. The maximum atomic E-state index is 11.5. The molecule has 0 N–H and O–H groups in total. The van der Waals surface area contributed by atoms with Gasteiger partial charge in [-0.05, 0) is 32.1 Å². The van der Waals surface area contributed by atoms with Crippen LogP contribution in [0.1, 0.15) is 47.0 Å². The van der Waals surface area contributed by atoms with Crippen LogP contribution in [0.3, 0.4) is 0 Å². The first kappa shape index (κ1) is 12.4. The summed E-state index contributed by atoms with van der Waals surface area (Å²) in [6.07, 6.45) is 2.83. The zero-order chi connectivity index (χ0) is 11.6. The second-order valence-electron chi connectivity index (χ2n) is 4.81. The third-order valence-electron chi connectivity index (χ3n) is 4.08. The van der Waals surface area contributed by atoms with E-state index in [4.69, 9.17) is 0 Å². The fourth-order valence-electron chi connectivity index (χ4n) is 3.33. The Balaban J connectivity index is 2.89. The van der Waals surface area contributed by atoms with E-state index in [-0.39, 0.29) is 23.4 Å². The van der Waals surface area contributed by atoms with Crippen molar-refractivity contribution >= 4 is 11.6 Å². The van der Waals surface area contributed by atoms with E-state index in [0.717, 1.165) is 19.3 Å². The van der Waals surface area contributed by atoms with Gasteiger partial charge in [0.15, 0.2) is 0 Å². The summed E-state index contributed by atoms with van der Waals surface area (Å²) in [6.45, 7) is 7.60. The Morgan fingerprint density at radius 1 is 0.933 bits per heavy atom. The van der Waals surface area contributed by atoms with Crippen molar-refractivity contribution in [3.63, 3.8) is 0 Å². The largest absolute Gasteiger partial charge is 0.300 e. The molecule has 0 spiro atoms. The summed E-state index contributed by atoms with van der Waals surface area (Å²) in [5.74, 6) is 1.67. The van der Waals surface area contributed by atoms with Crippen molar-refractivity contribution in [2.75, 3.05) is 0 Å². The van der Waals surface area contributed by atoms with Gasteiger partial charge in [-0.3, -0.25) is 9.59 Å². The molecule has 0 amide bonds. The molecular formula is C13H22O2. The molecule has 0 unspecified atom stereocenters. The van der Waals surface area contributed by atoms with E-state index in [1.807, 2.05) is 0 Å². The molecule has 1 saturated carbocycles. The first-order valence-electron chi connectivity index (χ1n) is 6.03. The average Bonchev–Trinajstić information content (AvgIpc) is 2.55. The predicted molar refractivity (Wildman–Crippen MR) is 60.5 cm³/mol. The van der Waals surface area contributed by atoms with Gasteiger partial charge in [0, 0.05) is 11.8 Å². The topological polar surface area (TPSA) is 34.1 Å². The number of hydrogen-bond acceptors (Lipinski definition) is 2. The molecule has 0 aromatic rings. The first-order chi connectivity index (χ1) is 7.02. The normalized spacial score (nSPS) is 35.5. The fourth-order valence-corrected chi connectivity index (χ4v) is 3.33. The number of carbonyl (C=O) groups excluding carboxylic acids is 2. The molecule has 2 heteroatoms. The minimum absolute atomic E-state index is 0.133. The molecule has 1 rings (SSSR count). The number of hydrogen-bond donors (Lipinski definition) is 0. The first-order valence-corrected chi connectivity index (χ1v) is 6.03. The molecule has 1 aliphatic carbocycles. The summed E-state index contributed by atoms with van der Waals surface area (Å²) in [5.41, 5.74) is 0. The summed E-state index contributed by atoms with van der Waals surface area (Å²) in [7, 11) is 0. The summed E-state index contributed by atoms with van der Waals surface area (Å²) in [6, 6.07) is 0. The van der Waals surface area contributed by atoms with Gasteiger partial charge < -0.3 is 0 Å². The van der Waals surface area contributed by atoms with Crippen LogP contribution >= 0.6 is 0 Å². The standard InChI is InChI=1S/C13H22O2/c1-5-10-11(6-2)13(9(4)15)7-12(10)8(3)14/h10-13H,5-7H2,1-4H3/t10-,11+,12+,13-. The van der Waals surface area contributed by atoms with Gasteiger partial charge in [0.25, 0.3) is 0 Å². The van der Waals surface area contributed by atoms with E-state index in [9.17, 15) is 9.59 Å². The summed E-state index contributed by atoms with van der Waals surface area (Å²) in [5, 5.41) is 0. The Kier molecular flexibility index (Phi) is 4.06. The Hall–Kier alpha value is -0.660. The van der Waals surface area contributed by atoms with Crippen molar-refractivity contribution in [1.82, 2.24) is 0 Å². The highest BCUT2D eigenvalue weighted by atomic mass is 16.1. The van der Waals surface area contributed by atoms with Crippen molar-refractivity contribution in [3.8, 4) is 0 Å². The Labute approximate surface area is 92.4 Å². The molecule has 15 heavy (non-hydrogen) atoms. The molecule has 4 atom stereocenters. The Morgan fingerprint density at radius 3 is 1.47 bits per heavy atom. The van der Waals surface area contributed by atoms with Crippen LogP contribution in [-0.4, -0.2) is 11.6 Å². The highest BCUT2D eigenvalue weighted by Crippen LogP contribution is 2.45. The van der Waals surface area contributed by atoms with E-state index in [1.165, 1.54) is 0 Å². The molecule has 0 saturated heterocycles. The molecule has 1 fully saturated rings. The minimum Gasteiger partial charge on any atom is -0.300 e. The molecular weight excluding hydrogens is 188 g/mol. The SMILES string of the molecule is CC[C@@H]1[C@H](CC)[C@@H](C(C)=O)C[C@H]1C(C)=O. The van der Waals surface area contributed by atoms with Crippen molar-refractivity contribution in [2.45, 2.75) is 47.0 Å². The molecule has 0 aromatic heterocycles. The van der Waals surface area contributed by atoms with Crippen molar-refractivity contribution < 1.29 is 9.59 Å². The van der Waals surface area contributed by atoms with Crippen molar-refractivity contribution in [1.29, 1.82) is 0 Å². The lowest BCUT2D eigenvalue weighted by molar-refractivity contribution is -0.122. The van der Waals surface area contributed by atoms with Gasteiger partial charge in [-0.15, -0.1) is 0 Å². The third-order valence-corrected chi connectivity index (χ3v) is 4.08. The maximum absolute atomic E-state index is 11.5. The average molecular weight is 210 g/mol. The van der Waals surface area contributed by atoms with Gasteiger partial charge in [0.05, 0.1) is 0 Å². The second kappa shape index (κ2) is 4.91. The van der Waals surface area contributed by atoms with Gasteiger partial charge in [-0.2, -0.15) is 0 Å². The van der Waals surface area contributed by atoms with Gasteiger partial charge in [0.2, 0.25) is 0 Å². The molecule has 0 radical (unpaired) electrons. The maximum Gasteiger partial charge on any atom is 0.133 e. The highest BCUT2D eigenvalue weighted by molar-refractivity contribution is 5.83. The smallest absolute Gasteiger partial charge is 0.133 e. The minimum atomic E-state index is 0.133. The summed E-state index contributed by atoms with van der Waals surface area (Å²) < 4.78 is 0. The lowest BCUT2D eigenvalue weighted by Gasteiger charge is -2.22. The van der Waals surface area contributed by atoms with Crippen LogP contribution in [0.4, 0.5) is 0 Å². The summed E-state index contributed by atoms with van der Waals surface area (Å²) in [4.78, 5) is 23.1. The molecule has 0 heterocycles. The third kappa shape index (κ3) is 2.30. The fraction of sp³-hybridized carbons (Fsp3) is 0.846. The van der Waals surface area contributed by atoms with Gasteiger partial charge in [-0.25, -0.2) is 0 Å². The van der Waals surface area contributed by atoms with Crippen LogP contribution < -0.4 is 0 Å². The Bertz CT molecular complexity index is 231. The van der Waals surface area contributed by atoms with Crippen LogP contribution in [0.25, 0.3) is 0 Å². The van der Waals surface area contributed by atoms with E-state index in [0.29, 0.717) is 11.8 Å². The highest BCUT2D eigenvalue weighted by Gasteiger charge is 2.44. The Morgan fingerprint density at radius 2 is 1.27 bits per heavy atom. The zero-order valence-corrected chi connectivity index (χ0v) is 10.2. The van der Waals surface area contributed by atoms with E-state index in [2.05, 4.69) is 13.8 Å². The van der Waals surface area contributed by atoms with E-state index < -0.39 is 0 Å². The molecule has 1 aliphatic rings. The van der Waals surface area contributed by atoms with Crippen molar-refractivity contribution in [3.05, 3.63) is 0 Å². The van der Waals surface area contributed by atoms with Gasteiger partial charge >= 0.3 is 0 Å². The van der Waals surface area contributed by atoms with Crippen LogP contribution in [-0.2, 0) is 9.59 Å². The van der Waals surface area contributed by atoms with Crippen LogP contribution in [0.2, 0.25) is 0 Å². The molecule has 0 bridgehead atoms. The molecule has 0 aromatic carbocycles. The lowest BCUT2D eigenvalue weighted by atomic mass is 9.81. The molecule has 0 aliphatic heterocycles. The van der Waals surface area contributed by atoms with Crippen LogP contribution in [0.15, 0.2) is 0 Å². The zero-order valence-electron chi connectivity index (χ0n) is 10.2. The monoisotopic (exact) mass is 210 g/mol. The van der Waals surface area contributed by atoms with Crippen LogP contribution in [0, 0.1) is 23.7 Å². The quantitative estimate of drug-likeness (QED) is 0.715. The predicted octanol–water partition coefficient (Wildman–Crippen LogP) is 2.85. The number of Topliss-reactive ketones (excluding diaryl/α,β-unsaturated/α-hetero) is 2.